The van der Waals surface area contributed by atoms with Gasteiger partial charge in [-0.3, -0.25) is 0 Å². The first-order valence-electron chi connectivity index (χ1n) is 12.6. The van der Waals surface area contributed by atoms with Gasteiger partial charge in [-0.05, 0) is 74.7 Å². The Balaban J connectivity index is 1.51. The molecule has 3 atom stereocenters. The average Bonchev–Trinajstić information content (AvgIpc) is 2.89. The molecule has 0 radical (unpaired) electrons. The monoisotopic (exact) mass is 389 g/mol. The van der Waals surface area contributed by atoms with Gasteiger partial charge in [0.2, 0.25) is 0 Å². The van der Waals surface area contributed by atoms with Crippen LogP contribution in [0.25, 0.3) is 0 Å². The summed E-state index contributed by atoms with van der Waals surface area (Å²) >= 11 is 0. The van der Waals surface area contributed by atoms with Crippen molar-refractivity contribution in [3.05, 3.63) is 42.0 Å². The summed E-state index contributed by atoms with van der Waals surface area (Å²) in [5, 5.41) is 0. The minimum atomic E-state index is 0.186. The molecule has 1 unspecified atom stereocenters. The van der Waals surface area contributed by atoms with Crippen molar-refractivity contribution < 1.29 is 4.65 Å². The van der Waals surface area contributed by atoms with E-state index in [2.05, 4.69) is 41.3 Å². The summed E-state index contributed by atoms with van der Waals surface area (Å²) in [5.41, 5.74) is 3.36. The number of piperidine rings is 1. The fraction of sp³-hybridized carbons (Fsp3) is 0.692. The van der Waals surface area contributed by atoms with Gasteiger partial charge in [-0.1, -0.05) is 56.0 Å². The van der Waals surface area contributed by atoms with Crippen LogP contribution in [0.4, 0.5) is 5.69 Å². The van der Waals surface area contributed by atoms with Gasteiger partial charge < -0.3 is 9.55 Å². The van der Waals surface area contributed by atoms with Crippen molar-refractivity contribution in [2.75, 3.05) is 11.4 Å². The Morgan fingerprint density at radius 3 is 2.62 bits per heavy atom. The second-order valence-electron chi connectivity index (χ2n) is 10.5. The van der Waals surface area contributed by atoms with Crippen LogP contribution in [0.2, 0.25) is 5.82 Å². The van der Waals surface area contributed by atoms with Crippen LogP contribution in [-0.4, -0.2) is 25.0 Å². The Morgan fingerprint density at radius 1 is 0.931 bits per heavy atom. The third kappa shape index (κ3) is 2.86. The molecule has 3 fully saturated rings. The fourth-order valence-corrected chi connectivity index (χ4v) is 7.93. The van der Waals surface area contributed by atoms with Crippen LogP contribution in [0.15, 0.2) is 36.4 Å². The highest BCUT2D eigenvalue weighted by Crippen LogP contribution is 2.60. The lowest BCUT2D eigenvalue weighted by atomic mass is 9.35. The molecule has 3 saturated heterocycles. The van der Waals surface area contributed by atoms with E-state index < -0.39 is 0 Å². The molecule has 1 aromatic rings. The minimum absolute atomic E-state index is 0.186. The third-order valence-electron chi connectivity index (χ3n) is 8.99. The summed E-state index contributed by atoms with van der Waals surface area (Å²) in [6.45, 7) is 1.65. The van der Waals surface area contributed by atoms with Crippen molar-refractivity contribution in [3.63, 3.8) is 0 Å². The van der Waals surface area contributed by atoms with Gasteiger partial charge in [-0.2, -0.15) is 0 Å². The van der Waals surface area contributed by atoms with Crippen LogP contribution in [0.1, 0.15) is 88.5 Å². The molecule has 5 aliphatic rings. The van der Waals surface area contributed by atoms with Gasteiger partial charge >= 0.3 is 6.92 Å². The second-order valence-corrected chi connectivity index (χ2v) is 10.5. The molecule has 1 aromatic carbocycles. The quantitative estimate of drug-likeness (QED) is 0.422. The Kier molecular flexibility index (Phi) is 4.79. The number of allylic oxidation sites excluding steroid dienone is 2. The van der Waals surface area contributed by atoms with Gasteiger partial charge in [0.1, 0.15) is 0 Å². The molecule has 0 saturated carbocycles. The SMILES string of the molecule is C1=CC([C@@H]2c3ccccc3N3CCCC[C@@]23B2OC3CCCC2CCC3)CCC1. The Hall–Kier alpha value is -1.22. The van der Waals surface area contributed by atoms with Gasteiger partial charge in [0, 0.05) is 24.3 Å². The van der Waals surface area contributed by atoms with Crippen molar-refractivity contribution in [1.82, 2.24) is 0 Å². The van der Waals surface area contributed by atoms with Crippen LogP contribution < -0.4 is 4.90 Å². The molecule has 154 valence electrons. The molecule has 0 amide bonds. The van der Waals surface area contributed by atoms with Gasteiger partial charge in [0.15, 0.2) is 0 Å². The predicted molar refractivity (Wildman–Crippen MR) is 122 cm³/mol. The number of hydrogen-bond acceptors (Lipinski definition) is 2. The maximum absolute atomic E-state index is 7.17. The number of nitrogens with zero attached hydrogens (tertiary/aromatic N) is 1. The maximum atomic E-state index is 7.17. The van der Waals surface area contributed by atoms with E-state index in [9.17, 15) is 0 Å². The van der Waals surface area contributed by atoms with Gasteiger partial charge in [-0.15, -0.1) is 0 Å². The Labute approximate surface area is 177 Å². The first-order chi connectivity index (χ1) is 14.4. The van der Waals surface area contributed by atoms with Crippen LogP contribution in [0.3, 0.4) is 0 Å². The number of rotatable bonds is 2. The lowest BCUT2D eigenvalue weighted by Gasteiger charge is -2.53. The molecule has 1 aliphatic carbocycles. The van der Waals surface area contributed by atoms with Crippen molar-refractivity contribution in [1.29, 1.82) is 0 Å². The van der Waals surface area contributed by atoms with Crippen molar-refractivity contribution in [2.24, 2.45) is 5.92 Å². The number of benzene rings is 1. The highest BCUT2D eigenvalue weighted by Gasteiger charge is 2.63. The highest BCUT2D eigenvalue weighted by atomic mass is 16.4. The summed E-state index contributed by atoms with van der Waals surface area (Å²) < 4.78 is 7.17. The van der Waals surface area contributed by atoms with E-state index >= 15 is 0 Å². The van der Waals surface area contributed by atoms with Gasteiger partial charge in [-0.25, -0.2) is 0 Å². The lowest BCUT2D eigenvalue weighted by molar-refractivity contribution is 0.164. The number of anilines is 1. The van der Waals surface area contributed by atoms with E-state index in [0.29, 0.717) is 24.9 Å². The zero-order valence-corrected chi connectivity index (χ0v) is 17.9. The fourth-order valence-electron chi connectivity index (χ4n) is 7.93. The van der Waals surface area contributed by atoms with Crippen molar-refractivity contribution in [2.45, 2.75) is 100 Å². The van der Waals surface area contributed by atoms with Crippen molar-refractivity contribution in [3.8, 4) is 0 Å². The van der Waals surface area contributed by atoms with Crippen LogP contribution >= 0.6 is 0 Å². The molecule has 3 heteroatoms. The first kappa shape index (κ1) is 18.5. The highest BCUT2D eigenvalue weighted by molar-refractivity contribution is 6.59. The molecule has 4 aliphatic heterocycles. The number of fused-ring (bicyclic) bond motifs is 7. The number of para-hydroxylation sites is 1. The maximum Gasteiger partial charge on any atom is 0.323 e. The Morgan fingerprint density at radius 2 is 1.79 bits per heavy atom. The van der Waals surface area contributed by atoms with E-state index in [0.717, 1.165) is 5.82 Å². The standard InChI is InChI=1S/C26H36BNO/c1-2-10-20(11-3-1)25-23-16-4-5-17-24(23)28-19-7-6-18-26(25,28)27-21-12-8-14-22(29-27)15-9-13-21/h2,4-5,10,16-17,20-22,25H,1,3,6-9,11-15,18-19H2/t20?,21?,22?,25-,26+/m1/s1. The largest absolute Gasteiger partial charge is 0.430 e. The molecule has 2 bridgehead atoms. The molecular weight excluding hydrogens is 353 g/mol. The van der Waals surface area contributed by atoms with Crippen molar-refractivity contribution >= 4 is 12.6 Å². The van der Waals surface area contributed by atoms with Gasteiger partial charge in [0.25, 0.3) is 0 Å². The molecule has 0 aromatic heterocycles. The van der Waals surface area contributed by atoms with E-state index in [4.69, 9.17) is 4.65 Å². The molecule has 2 nitrogen and oxygen atoms in total. The zero-order chi connectivity index (χ0) is 19.3. The van der Waals surface area contributed by atoms with Crippen LogP contribution in [0, 0.1) is 5.92 Å². The number of hydrogen-bond donors (Lipinski definition) is 0. The Bertz CT molecular complexity index is 768. The lowest BCUT2D eigenvalue weighted by Crippen LogP contribution is -2.65. The molecule has 4 heterocycles. The molecule has 6 rings (SSSR count). The van der Waals surface area contributed by atoms with Crippen LogP contribution in [-0.2, 0) is 4.65 Å². The van der Waals surface area contributed by atoms with E-state index in [1.165, 1.54) is 83.6 Å². The van der Waals surface area contributed by atoms with E-state index in [1.807, 2.05) is 0 Å². The summed E-state index contributed by atoms with van der Waals surface area (Å²) in [6, 6.07) is 9.44. The summed E-state index contributed by atoms with van der Waals surface area (Å²) in [4.78, 5) is 2.88. The topological polar surface area (TPSA) is 12.5 Å². The van der Waals surface area contributed by atoms with Gasteiger partial charge in [0.05, 0.1) is 5.44 Å². The third-order valence-corrected chi connectivity index (χ3v) is 8.99. The average molecular weight is 389 g/mol. The predicted octanol–water partition coefficient (Wildman–Crippen LogP) is 6.52. The van der Waals surface area contributed by atoms with E-state index in [1.54, 1.807) is 11.3 Å². The minimum Gasteiger partial charge on any atom is -0.430 e. The van der Waals surface area contributed by atoms with Crippen LogP contribution in [0.5, 0.6) is 0 Å². The summed E-state index contributed by atoms with van der Waals surface area (Å²) in [7, 11) is 0. The normalized spacial score (nSPS) is 39.0. The molecular formula is C26H36BNO. The van der Waals surface area contributed by atoms with E-state index in [-0.39, 0.29) is 5.44 Å². The summed E-state index contributed by atoms with van der Waals surface area (Å²) in [6.07, 6.45) is 21.7. The molecule has 0 N–H and O–H groups in total. The zero-order valence-electron chi connectivity index (χ0n) is 17.9. The molecule has 0 spiro atoms. The summed E-state index contributed by atoms with van der Waals surface area (Å²) in [5.74, 6) is 2.05. The second kappa shape index (κ2) is 7.48. The smallest absolute Gasteiger partial charge is 0.323 e. The first-order valence-corrected chi connectivity index (χ1v) is 12.6. The molecule has 29 heavy (non-hydrogen) atoms.